The van der Waals surface area contributed by atoms with Crippen molar-refractivity contribution in [2.75, 3.05) is 6.54 Å². The molecule has 0 saturated heterocycles. The van der Waals surface area contributed by atoms with Crippen molar-refractivity contribution in [1.29, 1.82) is 0 Å². The first-order valence-electron chi connectivity index (χ1n) is 8.41. The number of carbonyl (C=O) groups excluding carboxylic acids is 1. The number of aryl methyl sites for hydroxylation is 1. The van der Waals surface area contributed by atoms with Crippen LogP contribution in [0.25, 0.3) is 0 Å². The number of sulfonamides is 1. The van der Waals surface area contributed by atoms with Gasteiger partial charge in [0.2, 0.25) is 10.0 Å². The van der Waals surface area contributed by atoms with Crippen molar-refractivity contribution in [2.24, 2.45) is 11.7 Å². The number of nitrogens with one attached hydrogen (secondary N) is 2. The summed E-state index contributed by atoms with van der Waals surface area (Å²) in [5, 5.41) is 3.01. The van der Waals surface area contributed by atoms with E-state index in [1.54, 1.807) is 19.1 Å². The third-order valence-corrected chi connectivity index (χ3v) is 6.48. The quantitative estimate of drug-likeness (QED) is 0.662. The van der Waals surface area contributed by atoms with Crippen LogP contribution in [0.15, 0.2) is 23.1 Å². The first-order valence-corrected chi connectivity index (χ1v) is 9.89. The van der Waals surface area contributed by atoms with Crippen LogP contribution in [-0.4, -0.2) is 32.5 Å². The van der Waals surface area contributed by atoms with Gasteiger partial charge in [0.25, 0.3) is 5.91 Å². The molecule has 0 bridgehead atoms. The molecule has 4 N–H and O–H groups in total. The predicted molar refractivity (Wildman–Crippen MR) is 99.4 cm³/mol. The monoisotopic (exact) mass is 387 g/mol. The van der Waals surface area contributed by atoms with E-state index >= 15 is 0 Å². The molecule has 0 aliphatic heterocycles. The lowest BCUT2D eigenvalue weighted by Crippen LogP contribution is -2.53. The lowest BCUT2D eigenvalue weighted by molar-refractivity contribution is 0.0897. The van der Waals surface area contributed by atoms with Crippen LogP contribution in [0.5, 0.6) is 0 Å². The van der Waals surface area contributed by atoms with E-state index in [4.69, 9.17) is 5.73 Å². The van der Waals surface area contributed by atoms with Gasteiger partial charge in [-0.15, -0.1) is 12.4 Å². The molecule has 0 heterocycles. The Balaban J connectivity index is 0.00000225. The lowest BCUT2D eigenvalue weighted by Gasteiger charge is -2.29. The van der Waals surface area contributed by atoms with Crippen LogP contribution in [0, 0.1) is 12.8 Å². The van der Waals surface area contributed by atoms with E-state index in [2.05, 4.69) is 10.0 Å². The maximum absolute atomic E-state index is 12.7. The van der Waals surface area contributed by atoms with Crippen LogP contribution >= 0.6 is 12.4 Å². The maximum atomic E-state index is 12.7. The van der Waals surface area contributed by atoms with Crippen LogP contribution in [0.4, 0.5) is 0 Å². The molecule has 3 rings (SSSR count). The zero-order chi connectivity index (χ0) is 17.5. The van der Waals surface area contributed by atoms with Crippen molar-refractivity contribution in [3.8, 4) is 0 Å². The summed E-state index contributed by atoms with van der Waals surface area (Å²) in [5.41, 5.74) is 6.54. The minimum Gasteiger partial charge on any atom is -0.345 e. The highest BCUT2D eigenvalue weighted by atomic mass is 35.5. The fourth-order valence-corrected chi connectivity index (χ4v) is 4.20. The van der Waals surface area contributed by atoms with Crippen molar-refractivity contribution in [2.45, 2.75) is 56.0 Å². The van der Waals surface area contributed by atoms with Gasteiger partial charge in [-0.05, 0) is 63.1 Å². The van der Waals surface area contributed by atoms with Crippen LogP contribution in [0.1, 0.15) is 48.5 Å². The second kappa shape index (κ2) is 7.23. The Kier molecular flexibility index (Phi) is 5.83. The van der Waals surface area contributed by atoms with Crippen LogP contribution in [0.2, 0.25) is 0 Å². The van der Waals surface area contributed by atoms with E-state index in [0.717, 1.165) is 31.2 Å². The van der Waals surface area contributed by atoms with Crippen molar-refractivity contribution >= 4 is 28.3 Å². The number of carbonyl (C=O) groups is 1. The van der Waals surface area contributed by atoms with Crippen molar-refractivity contribution in [1.82, 2.24) is 10.0 Å². The summed E-state index contributed by atoms with van der Waals surface area (Å²) in [6, 6.07) is 4.70. The van der Waals surface area contributed by atoms with Crippen LogP contribution in [-0.2, 0) is 10.0 Å². The first-order chi connectivity index (χ1) is 11.2. The molecule has 2 aliphatic carbocycles. The van der Waals surface area contributed by atoms with E-state index in [-0.39, 0.29) is 29.3 Å². The SMILES string of the molecule is Cc1ccc(S(=O)(=O)NC2CC2)cc1C(=O)NC(C)(CN)C1CC1.Cl. The van der Waals surface area contributed by atoms with Crippen LogP contribution < -0.4 is 15.8 Å². The third-order valence-electron chi connectivity index (χ3n) is 4.96. The van der Waals surface area contributed by atoms with Gasteiger partial charge in [-0.25, -0.2) is 13.1 Å². The molecule has 2 fully saturated rings. The molecule has 1 aromatic carbocycles. The van der Waals surface area contributed by atoms with Gasteiger partial charge in [0.1, 0.15) is 0 Å². The highest BCUT2D eigenvalue weighted by Crippen LogP contribution is 2.39. The van der Waals surface area contributed by atoms with Crippen molar-refractivity contribution < 1.29 is 13.2 Å². The highest BCUT2D eigenvalue weighted by Gasteiger charge is 2.41. The molecule has 6 nitrogen and oxygen atoms in total. The van der Waals surface area contributed by atoms with Crippen LogP contribution in [0.3, 0.4) is 0 Å². The molecule has 1 aromatic rings. The zero-order valence-electron chi connectivity index (χ0n) is 14.5. The van der Waals surface area contributed by atoms with E-state index in [1.807, 2.05) is 6.92 Å². The summed E-state index contributed by atoms with van der Waals surface area (Å²) in [4.78, 5) is 12.8. The van der Waals surface area contributed by atoms with Gasteiger partial charge in [-0.1, -0.05) is 6.07 Å². The number of hydrogen-bond acceptors (Lipinski definition) is 4. The Hall–Kier alpha value is -1.15. The molecule has 1 unspecified atom stereocenters. The topological polar surface area (TPSA) is 101 Å². The van der Waals surface area contributed by atoms with E-state index in [0.29, 0.717) is 18.0 Å². The molecule has 1 amide bonds. The Morgan fingerprint density at radius 3 is 2.44 bits per heavy atom. The largest absolute Gasteiger partial charge is 0.345 e. The van der Waals surface area contributed by atoms with E-state index < -0.39 is 15.6 Å². The molecule has 2 aliphatic rings. The zero-order valence-corrected chi connectivity index (χ0v) is 16.2. The van der Waals surface area contributed by atoms with Gasteiger partial charge >= 0.3 is 0 Å². The molecule has 0 aromatic heterocycles. The lowest BCUT2D eigenvalue weighted by atomic mass is 9.95. The number of halogens is 1. The summed E-state index contributed by atoms with van der Waals surface area (Å²) < 4.78 is 27.4. The molecular weight excluding hydrogens is 362 g/mol. The number of nitrogens with two attached hydrogens (primary N) is 1. The summed E-state index contributed by atoms with van der Waals surface area (Å²) in [6.07, 6.45) is 3.86. The average molecular weight is 388 g/mol. The summed E-state index contributed by atoms with van der Waals surface area (Å²) in [7, 11) is -3.58. The number of hydrogen-bond donors (Lipinski definition) is 3. The van der Waals surface area contributed by atoms with Crippen molar-refractivity contribution in [3.63, 3.8) is 0 Å². The first kappa shape index (κ1) is 20.2. The normalized spacial score (nSPS) is 19.6. The molecule has 2 saturated carbocycles. The fraction of sp³-hybridized carbons (Fsp3) is 0.588. The molecule has 0 radical (unpaired) electrons. The highest BCUT2D eigenvalue weighted by molar-refractivity contribution is 7.89. The molecule has 1 atom stereocenters. The molecule has 25 heavy (non-hydrogen) atoms. The van der Waals surface area contributed by atoms with E-state index in [1.165, 1.54) is 6.07 Å². The Morgan fingerprint density at radius 2 is 1.92 bits per heavy atom. The number of rotatable bonds is 7. The van der Waals surface area contributed by atoms with E-state index in [9.17, 15) is 13.2 Å². The van der Waals surface area contributed by atoms with Crippen molar-refractivity contribution in [3.05, 3.63) is 29.3 Å². The van der Waals surface area contributed by atoms with Gasteiger partial charge in [-0.2, -0.15) is 0 Å². The third kappa shape index (κ3) is 4.53. The summed E-state index contributed by atoms with van der Waals surface area (Å²) in [6.45, 7) is 4.12. The average Bonchev–Trinajstić information content (AvgIpc) is 3.40. The molecular formula is C17H26ClN3O3S. The molecule has 8 heteroatoms. The second-order valence-corrected chi connectivity index (χ2v) is 8.94. The van der Waals surface area contributed by atoms with Gasteiger partial charge in [-0.3, -0.25) is 4.79 Å². The smallest absolute Gasteiger partial charge is 0.252 e. The second-order valence-electron chi connectivity index (χ2n) is 7.22. The predicted octanol–water partition coefficient (Wildman–Crippen LogP) is 1.71. The van der Waals surface area contributed by atoms with Gasteiger partial charge in [0.05, 0.1) is 10.4 Å². The molecule has 140 valence electrons. The van der Waals surface area contributed by atoms with Gasteiger partial charge < -0.3 is 11.1 Å². The number of benzene rings is 1. The molecule has 0 spiro atoms. The van der Waals surface area contributed by atoms with Gasteiger partial charge in [0.15, 0.2) is 0 Å². The Morgan fingerprint density at radius 1 is 1.28 bits per heavy atom. The Bertz CT molecular complexity index is 760. The minimum absolute atomic E-state index is 0. The summed E-state index contributed by atoms with van der Waals surface area (Å²) in [5.74, 6) is 0.131. The standard InChI is InChI=1S/C17H25N3O3S.ClH/c1-11-3-8-14(24(22,23)20-13-6-7-13)9-15(11)16(21)19-17(2,10-18)12-4-5-12;/h3,8-9,12-13,20H,4-7,10,18H2,1-2H3,(H,19,21);1H. The Labute approximate surface area is 155 Å². The number of amides is 1. The van der Waals surface area contributed by atoms with Gasteiger partial charge in [0, 0.05) is 18.2 Å². The minimum atomic E-state index is -3.58. The maximum Gasteiger partial charge on any atom is 0.252 e. The fourth-order valence-electron chi connectivity index (χ4n) is 2.87. The summed E-state index contributed by atoms with van der Waals surface area (Å²) >= 11 is 0.